The van der Waals surface area contributed by atoms with Crippen LogP contribution >= 0.6 is 0 Å². The van der Waals surface area contributed by atoms with E-state index in [1.165, 1.54) is 5.56 Å². The number of aryl methyl sites for hydroxylation is 1. The van der Waals surface area contributed by atoms with E-state index in [-0.39, 0.29) is 18.7 Å². The number of pyridine rings is 1. The standard InChI is InChI=1S/C14H20N2O3/c1-2-11-6-8-15-12(10-11)7-9-16-13(17)4-3-5-14(18)19/h6,8,10H,2-5,7,9H2,1H3,(H,16,17)(H,18,19). The zero-order valence-corrected chi connectivity index (χ0v) is 11.2. The third-order valence-corrected chi connectivity index (χ3v) is 2.79. The van der Waals surface area contributed by atoms with E-state index in [4.69, 9.17) is 5.11 Å². The second kappa shape index (κ2) is 8.24. The highest BCUT2D eigenvalue weighted by Gasteiger charge is 2.04. The van der Waals surface area contributed by atoms with Crippen LogP contribution in [0.25, 0.3) is 0 Å². The van der Waals surface area contributed by atoms with Crippen LogP contribution in [0.4, 0.5) is 0 Å². The van der Waals surface area contributed by atoms with E-state index in [0.717, 1.165) is 12.1 Å². The van der Waals surface area contributed by atoms with Crippen LogP contribution in [0, 0.1) is 0 Å². The second-order valence-corrected chi connectivity index (χ2v) is 4.36. The third kappa shape index (κ3) is 6.55. The number of hydrogen-bond acceptors (Lipinski definition) is 3. The van der Waals surface area contributed by atoms with E-state index in [1.54, 1.807) is 6.20 Å². The molecule has 0 unspecified atom stereocenters. The van der Waals surface area contributed by atoms with Crippen LogP contribution in [-0.4, -0.2) is 28.5 Å². The molecular formula is C14H20N2O3. The number of carbonyl (C=O) groups excluding carboxylic acids is 1. The number of carboxylic acids is 1. The van der Waals surface area contributed by atoms with Crippen LogP contribution in [0.2, 0.25) is 0 Å². The van der Waals surface area contributed by atoms with E-state index in [1.807, 2.05) is 12.1 Å². The van der Waals surface area contributed by atoms with Gasteiger partial charge in [-0.2, -0.15) is 0 Å². The lowest BCUT2D eigenvalue weighted by Gasteiger charge is -2.05. The van der Waals surface area contributed by atoms with Gasteiger partial charge in [-0.15, -0.1) is 0 Å². The zero-order chi connectivity index (χ0) is 14.1. The summed E-state index contributed by atoms with van der Waals surface area (Å²) in [4.78, 5) is 26.0. The molecule has 0 aliphatic heterocycles. The number of aromatic nitrogens is 1. The van der Waals surface area contributed by atoms with Gasteiger partial charge in [-0.05, 0) is 30.5 Å². The Bertz CT molecular complexity index is 432. The molecule has 1 amide bonds. The number of amides is 1. The van der Waals surface area contributed by atoms with Gasteiger partial charge in [0, 0.05) is 37.7 Å². The van der Waals surface area contributed by atoms with Crippen molar-refractivity contribution in [3.63, 3.8) is 0 Å². The molecule has 1 rings (SSSR count). The molecular weight excluding hydrogens is 244 g/mol. The molecule has 0 aliphatic carbocycles. The fourth-order valence-electron chi connectivity index (χ4n) is 1.70. The number of carboxylic acid groups (broad SMARTS) is 1. The molecule has 0 saturated heterocycles. The summed E-state index contributed by atoms with van der Waals surface area (Å²) in [7, 11) is 0. The first-order valence-corrected chi connectivity index (χ1v) is 6.54. The van der Waals surface area contributed by atoms with Gasteiger partial charge in [0.05, 0.1) is 0 Å². The Balaban J connectivity index is 2.22. The molecule has 0 aromatic carbocycles. The van der Waals surface area contributed by atoms with Gasteiger partial charge in [-0.3, -0.25) is 14.6 Å². The summed E-state index contributed by atoms with van der Waals surface area (Å²) in [6.07, 6.45) is 4.12. The summed E-state index contributed by atoms with van der Waals surface area (Å²) in [6, 6.07) is 4.02. The molecule has 0 saturated carbocycles. The Morgan fingerprint density at radius 1 is 1.37 bits per heavy atom. The first-order chi connectivity index (χ1) is 9.11. The molecule has 1 aromatic rings. The minimum atomic E-state index is -0.867. The number of nitrogens with zero attached hydrogens (tertiary/aromatic N) is 1. The lowest BCUT2D eigenvalue weighted by atomic mass is 10.1. The maximum atomic E-state index is 11.4. The summed E-state index contributed by atoms with van der Waals surface area (Å²) in [5, 5.41) is 11.2. The predicted molar refractivity (Wildman–Crippen MR) is 71.8 cm³/mol. The van der Waals surface area contributed by atoms with Crippen LogP contribution in [0.5, 0.6) is 0 Å². The van der Waals surface area contributed by atoms with Crippen LogP contribution in [-0.2, 0) is 22.4 Å². The molecule has 0 atom stereocenters. The highest BCUT2D eigenvalue weighted by molar-refractivity contribution is 5.76. The first kappa shape index (κ1) is 15.1. The number of aliphatic carboxylic acids is 1. The predicted octanol–water partition coefficient (Wildman–Crippen LogP) is 1.56. The Morgan fingerprint density at radius 3 is 2.84 bits per heavy atom. The minimum Gasteiger partial charge on any atom is -0.481 e. The summed E-state index contributed by atoms with van der Waals surface area (Å²) >= 11 is 0. The van der Waals surface area contributed by atoms with E-state index >= 15 is 0 Å². The smallest absolute Gasteiger partial charge is 0.303 e. The van der Waals surface area contributed by atoms with E-state index in [0.29, 0.717) is 19.4 Å². The lowest BCUT2D eigenvalue weighted by molar-refractivity contribution is -0.137. The molecule has 0 fully saturated rings. The fraction of sp³-hybridized carbons (Fsp3) is 0.500. The van der Waals surface area contributed by atoms with Crippen molar-refractivity contribution in [2.75, 3.05) is 6.54 Å². The summed E-state index contributed by atoms with van der Waals surface area (Å²) in [5.74, 6) is -0.971. The van der Waals surface area contributed by atoms with E-state index in [2.05, 4.69) is 17.2 Å². The van der Waals surface area contributed by atoms with Crippen molar-refractivity contribution >= 4 is 11.9 Å². The molecule has 1 aromatic heterocycles. The van der Waals surface area contributed by atoms with Crippen molar-refractivity contribution < 1.29 is 14.7 Å². The monoisotopic (exact) mass is 264 g/mol. The summed E-state index contributed by atoms with van der Waals surface area (Å²) in [5.41, 5.74) is 2.20. The second-order valence-electron chi connectivity index (χ2n) is 4.36. The molecule has 2 N–H and O–H groups in total. The van der Waals surface area contributed by atoms with Gasteiger partial charge >= 0.3 is 5.97 Å². The van der Waals surface area contributed by atoms with Crippen molar-refractivity contribution in [2.24, 2.45) is 0 Å². The Kier molecular flexibility index (Phi) is 6.57. The molecule has 104 valence electrons. The van der Waals surface area contributed by atoms with Crippen molar-refractivity contribution in [1.82, 2.24) is 10.3 Å². The molecule has 0 aliphatic rings. The summed E-state index contributed by atoms with van der Waals surface area (Å²) in [6.45, 7) is 2.62. The van der Waals surface area contributed by atoms with Gasteiger partial charge in [0.1, 0.15) is 0 Å². The largest absolute Gasteiger partial charge is 0.481 e. The van der Waals surface area contributed by atoms with Gasteiger partial charge in [0.2, 0.25) is 5.91 Å². The first-order valence-electron chi connectivity index (χ1n) is 6.54. The topological polar surface area (TPSA) is 79.3 Å². The average molecular weight is 264 g/mol. The SMILES string of the molecule is CCc1ccnc(CCNC(=O)CCCC(=O)O)c1. The van der Waals surface area contributed by atoms with Crippen LogP contribution in [0.3, 0.4) is 0 Å². The maximum absolute atomic E-state index is 11.4. The molecule has 19 heavy (non-hydrogen) atoms. The highest BCUT2D eigenvalue weighted by Crippen LogP contribution is 2.03. The maximum Gasteiger partial charge on any atom is 0.303 e. The van der Waals surface area contributed by atoms with Crippen molar-refractivity contribution in [1.29, 1.82) is 0 Å². The highest BCUT2D eigenvalue weighted by atomic mass is 16.4. The molecule has 0 radical (unpaired) electrons. The molecule has 0 bridgehead atoms. The normalized spacial score (nSPS) is 10.2. The minimum absolute atomic E-state index is 0.0352. The summed E-state index contributed by atoms with van der Waals surface area (Å²) < 4.78 is 0. The molecule has 1 heterocycles. The van der Waals surface area contributed by atoms with E-state index < -0.39 is 5.97 Å². The average Bonchev–Trinajstić information content (AvgIpc) is 2.38. The van der Waals surface area contributed by atoms with Gasteiger partial charge < -0.3 is 10.4 Å². The van der Waals surface area contributed by atoms with Gasteiger partial charge in [-0.25, -0.2) is 0 Å². The van der Waals surface area contributed by atoms with Crippen LogP contribution in [0.1, 0.15) is 37.4 Å². The van der Waals surface area contributed by atoms with Crippen LogP contribution < -0.4 is 5.32 Å². The fourth-order valence-corrected chi connectivity index (χ4v) is 1.70. The van der Waals surface area contributed by atoms with Crippen molar-refractivity contribution in [2.45, 2.75) is 39.0 Å². The number of nitrogens with one attached hydrogen (secondary N) is 1. The quantitative estimate of drug-likeness (QED) is 0.746. The Morgan fingerprint density at radius 2 is 2.16 bits per heavy atom. The Hall–Kier alpha value is -1.91. The molecule has 5 nitrogen and oxygen atoms in total. The molecule has 0 spiro atoms. The number of rotatable bonds is 8. The third-order valence-electron chi connectivity index (χ3n) is 2.79. The van der Waals surface area contributed by atoms with Gasteiger partial charge in [-0.1, -0.05) is 6.92 Å². The van der Waals surface area contributed by atoms with Crippen LogP contribution in [0.15, 0.2) is 18.3 Å². The molecule has 5 heteroatoms. The van der Waals surface area contributed by atoms with Crippen molar-refractivity contribution in [3.05, 3.63) is 29.6 Å². The number of carbonyl (C=O) groups is 2. The zero-order valence-electron chi connectivity index (χ0n) is 11.2. The van der Waals surface area contributed by atoms with Gasteiger partial charge in [0.15, 0.2) is 0 Å². The van der Waals surface area contributed by atoms with Crippen molar-refractivity contribution in [3.8, 4) is 0 Å². The van der Waals surface area contributed by atoms with Gasteiger partial charge in [0.25, 0.3) is 0 Å². The lowest BCUT2D eigenvalue weighted by Crippen LogP contribution is -2.25. The Labute approximate surface area is 113 Å². The number of hydrogen-bond donors (Lipinski definition) is 2. The van der Waals surface area contributed by atoms with E-state index in [9.17, 15) is 9.59 Å².